The fraction of sp³-hybridized carbons (Fsp3) is 0.200. The first-order chi connectivity index (χ1) is 14.8. The van der Waals surface area contributed by atoms with Crippen molar-refractivity contribution in [1.82, 2.24) is 15.5 Å². The second-order valence-electron chi connectivity index (χ2n) is 6.35. The molecule has 3 aromatic rings. The van der Waals surface area contributed by atoms with E-state index in [9.17, 15) is 22.8 Å². The number of amides is 2. The molecule has 0 bridgehead atoms. The third kappa shape index (κ3) is 6.78. The van der Waals surface area contributed by atoms with E-state index in [4.69, 9.17) is 4.74 Å². The zero-order chi connectivity index (χ0) is 22.3. The minimum Gasteiger partial charge on any atom is -0.445 e. The van der Waals surface area contributed by atoms with Crippen molar-refractivity contribution in [3.8, 4) is 0 Å². The summed E-state index contributed by atoms with van der Waals surface area (Å²) in [4.78, 5) is 24.9. The number of halogens is 3. The predicted octanol–water partition coefficient (Wildman–Crippen LogP) is 4.03. The van der Waals surface area contributed by atoms with Crippen LogP contribution in [-0.2, 0) is 28.7 Å². The summed E-state index contributed by atoms with van der Waals surface area (Å²) in [6.07, 6.45) is -5.41. The molecular formula is C20H17F3N4O3S. The average Bonchev–Trinajstić information content (AvgIpc) is 3.22. The van der Waals surface area contributed by atoms with Crippen LogP contribution in [0.1, 0.15) is 16.1 Å². The topological polar surface area (TPSA) is 93.2 Å². The Morgan fingerprint density at radius 3 is 2.16 bits per heavy atom. The third-order valence-corrected chi connectivity index (χ3v) is 4.89. The summed E-state index contributed by atoms with van der Waals surface area (Å²) in [5, 5.41) is 9.58. The smallest absolute Gasteiger partial charge is 0.445 e. The number of aromatic nitrogens is 2. The van der Waals surface area contributed by atoms with E-state index in [0.29, 0.717) is 0 Å². The van der Waals surface area contributed by atoms with Gasteiger partial charge in [-0.3, -0.25) is 10.1 Å². The van der Waals surface area contributed by atoms with E-state index in [0.717, 1.165) is 11.1 Å². The van der Waals surface area contributed by atoms with Crippen molar-refractivity contribution in [3.63, 3.8) is 0 Å². The van der Waals surface area contributed by atoms with Crippen LogP contribution in [0.25, 0.3) is 0 Å². The first-order valence-corrected chi connectivity index (χ1v) is 9.85. The Hall–Kier alpha value is -3.47. The van der Waals surface area contributed by atoms with E-state index < -0.39 is 29.2 Å². The Morgan fingerprint density at radius 1 is 0.968 bits per heavy atom. The Labute approximate surface area is 179 Å². The lowest BCUT2D eigenvalue weighted by Gasteiger charge is -2.17. The van der Waals surface area contributed by atoms with E-state index in [-0.39, 0.29) is 29.5 Å². The van der Waals surface area contributed by atoms with E-state index >= 15 is 0 Å². The zero-order valence-electron chi connectivity index (χ0n) is 15.9. The summed E-state index contributed by atoms with van der Waals surface area (Å²) in [7, 11) is 0. The normalized spacial score (nSPS) is 12.1. The van der Waals surface area contributed by atoms with Crippen LogP contribution >= 0.6 is 11.3 Å². The number of anilines is 1. The number of alkyl halides is 3. The molecule has 0 fully saturated rings. The van der Waals surface area contributed by atoms with E-state index in [1.165, 1.54) is 0 Å². The van der Waals surface area contributed by atoms with Crippen LogP contribution in [0.2, 0.25) is 0 Å². The number of nitrogens with zero attached hydrogens (tertiary/aromatic N) is 2. The molecule has 0 aliphatic carbocycles. The van der Waals surface area contributed by atoms with Gasteiger partial charge in [-0.25, -0.2) is 4.79 Å². The molecule has 0 aliphatic heterocycles. The van der Waals surface area contributed by atoms with Gasteiger partial charge in [0.15, 0.2) is 0 Å². The SMILES string of the molecule is O=C(NC(Cc1ccccc1)C(=O)Nc1nnc(C(F)(F)F)s1)OCc1ccccc1. The minimum atomic E-state index is -4.66. The highest BCUT2D eigenvalue weighted by Gasteiger charge is 2.36. The van der Waals surface area contributed by atoms with E-state index in [1.54, 1.807) is 54.6 Å². The molecule has 2 N–H and O–H groups in total. The van der Waals surface area contributed by atoms with Gasteiger partial charge >= 0.3 is 12.3 Å². The molecule has 1 heterocycles. The van der Waals surface area contributed by atoms with Crippen molar-refractivity contribution < 1.29 is 27.5 Å². The second-order valence-corrected chi connectivity index (χ2v) is 7.33. The van der Waals surface area contributed by atoms with Crippen LogP contribution in [-0.4, -0.2) is 28.2 Å². The van der Waals surface area contributed by atoms with Gasteiger partial charge in [0, 0.05) is 6.42 Å². The second kappa shape index (κ2) is 10.0. The molecule has 2 aromatic carbocycles. The van der Waals surface area contributed by atoms with Crippen LogP contribution in [0.4, 0.5) is 23.1 Å². The van der Waals surface area contributed by atoms with Gasteiger partial charge in [0.05, 0.1) is 0 Å². The number of carbonyl (C=O) groups excluding carboxylic acids is 2. The fourth-order valence-corrected chi connectivity index (χ4v) is 3.16. The molecule has 31 heavy (non-hydrogen) atoms. The lowest BCUT2D eigenvalue weighted by molar-refractivity contribution is -0.138. The van der Waals surface area contributed by atoms with Crippen LogP contribution in [0.15, 0.2) is 60.7 Å². The highest BCUT2D eigenvalue weighted by atomic mass is 32.1. The van der Waals surface area contributed by atoms with Crippen molar-refractivity contribution in [3.05, 3.63) is 76.8 Å². The largest absolute Gasteiger partial charge is 0.445 e. The maximum Gasteiger partial charge on any atom is 0.445 e. The lowest BCUT2D eigenvalue weighted by Crippen LogP contribution is -2.45. The van der Waals surface area contributed by atoms with Crippen molar-refractivity contribution >= 4 is 28.5 Å². The first-order valence-electron chi connectivity index (χ1n) is 9.04. The maximum atomic E-state index is 12.7. The van der Waals surface area contributed by atoms with Gasteiger partial charge in [-0.05, 0) is 11.1 Å². The lowest BCUT2D eigenvalue weighted by atomic mass is 10.1. The van der Waals surface area contributed by atoms with Gasteiger partial charge in [-0.1, -0.05) is 72.0 Å². The number of alkyl carbamates (subject to hydrolysis) is 1. The molecule has 162 valence electrons. The molecule has 7 nitrogen and oxygen atoms in total. The van der Waals surface area contributed by atoms with Crippen LogP contribution < -0.4 is 10.6 Å². The average molecular weight is 450 g/mol. The van der Waals surface area contributed by atoms with E-state index in [1.807, 2.05) is 6.07 Å². The minimum absolute atomic E-state index is 0.00229. The molecule has 1 atom stereocenters. The fourth-order valence-electron chi connectivity index (χ4n) is 2.55. The van der Waals surface area contributed by atoms with Gasteiger partial charge in [0.1, 0.15) is 12.6 Å². The molecule has 0 saturated heterocycles. The molecule has 0 aliphatic rings. The number of hydrogen-bond donors (Lipinski definition) is 2. The standard InChI is InChI=1S/C20H17F3N4O3S/c21-20(22,23)17-26-27-18(31-17)25-16(28)15(11-13-7-3-1-4-8-13)24-19(29)30-12-14-9-5-2-6-10-14/h1-10,15H,11-12H2,(H,24,29)(H,25,27,28). The van der Waals surface area contributed by atoms with Crippen molar-refractivity contribution in [2.45, 2.75) is 25.2 Å². The number of hydrogen-bond acceptors (Lipinski definition) is 6. The summed E-state index contributed by atoms with van der Waals surface area (Å²) in [6, 6.07) is 16.7. The van der Waals surface area contributed by atoms with Crippen LogP contribution in [0.3, 0.4) is 0 Å². The monoisotopic (exact) mass is 450 g/mol. The molecule has 0 spiro atoms. The van der Waals surface area contributed by atoms with Gasteiger partial charge in [-0.15, -0.1) is 10.2 Å². The Morgan fingerprint density at radius 2 is 1.58 bits per heavy atom. The van der Waals surface area contributed by atoms with Crippen molar-refractivity contribution in [1.29, 1.82) is 0 Å². The summed E-state index contributed by atoms with van der Waals surface area (Å²) in [5.74, 6) is -0.745. The number of benzene rings is 2. The molecule has 11 heteroatoms. The van der Waals surface area contributed by atoms with Gasteiger partial charge in [-0.2, -0.15) is 13.2 Å². The van der Waals surface area contributed by atoms with Crippen molar-refractivity contribution in [2.24, 2.45) is 0 Å². The van der Waals surface area contributed by atoms with Gasteiger partial charge in [0.2, 0.25) is 16.0 Å². The molecule has 2 amide bonds. The molecule has 0 radical (unpaired) electrons. The number of rotatable bonds is 7. The molecule has 0 saturated carbocycles. The summed E-state index contributed by atoms with van der Waals surface area (Å²) >= 11 is 0.195. The van der Waals surface area contributed by atoms with Crippen LogP contribution in [0, 0.1) is 0 Å². The molecular weight excluding hydrogens is 433 g/mol. The highest BCUT2D eigenvalue weighted by Crippen LogP contribution is 2.33. The molecule has 1 unspecified atom stereocenters. The van der Waals surface area contributed by atoms with Crippen molar-refractivity contribution in [2.75, 3.05) is 5.32 Å². The number of nitrogens with one attached hydrogen (secondary N) is 2. The Balaban J connectivity index is 1.67. The zero-order valence-corrected chi connectivity index (χ0v) is 16.7. The first kappa shape index (κ1) is 22.2. The number of carbonyl (C=O) groups is 2. The van der Waals surface area contributed by atoms with E-state index in [2.05, 4.69) is 20.8 Å². The number of ether oxygens (including phenoxy) is 1. The van der Waals surface area contributed by atoms with Gasteiger partial charge in [0.25, 0.3) is 0 Å². The summed E-state index contributed by atoms with van der Waals surface area (Å²) in [5.41, 5.74) is 1.49. The molecule has 3 rings (SSSR count). The Bertz CT molecular complexity index is 1010. The summed E-state index contributed by atoms with van der Waals surface area (Å²) < 4.78 is 43.3. The quantitative estimate of drug-likeness (QED) is 0.567. The highest BCUT2D eigenvalue weighted by molar-refractivity contribution is 7.15. The maximum absolute atomic E-state index is 12.7. The molecule has 1 aromatic heterocycles. The van der Waals surface area contributed by atoms with Crippen LogP contribution in [0.5, 0.6) is 0 Å². The summed E-state index contributed by atoms with van der Waals surface area (Å²) in [6.45, 7) is -0.00229. The third-order valence-electron chi connectivity index (χ3n) is 4.00. The predicted molar refractivity (Wildman–Crippen MR) is 107 cm³/mol. The Kier molecular flexibility index (Phi) is 7.19. The van der Waals surface area contributed by atoms with Gasteiger partial charge < -0.3 is 10.1 Å².